The fourth-order valence-electron chi connectivity index (χ4n) is 4.13. The van der Waals surface area contributed by atoms with E-state index in [1.165, 1.54) is 0 Å². The van der Waals surface area contributed by atoms with Crippen molar-refractivity contribution in [2.45, 2.75) is 25.4 Å². The van der Waals surface area contributed by atoms with Crippen LogP contribution in [-0.2, 0) is 0 Å². The highest BCUT2D eigenvalue weighted by atomic mass is 127. The topological polar surface area (TPSA) is 63.3 Å². The van der Waals surface area contributed by atoms with Crippen molar-refractivity contribution in [2.75, 3.05) is 26.7 Å². The van der Waals surface area contributed by atoms with Gasteiger partial charge in [-0.05, 0) is 36.1 Å². The van der Waals surface area contributed by atoms with Gasteiger partial charge in [0, 0.05) is 56.5 Å². The van der Waals surface area contributed by atoms with Gasteiger partial charge >= 0.3 is 0 Å². The van der Waals surface area contributed by atoms with Crippen molar-refractivity contribution in [1.82, 2.24) is 29.5 Å². The third-order valence-corrected chi connectivity index (χ3v) is 6.14. The van der Waals surface area contributed by atoms with Crippen LogP contribution in [0.5, 0.6) is 0 Å². The minimum absolute atomic E-state index is 0. The lowest BCUT2D eigenvalue weighted by Gasteiger charge is -2.39. The third-order valence-electron chi connectivity index (χ3n) is 5.89. The van der Waals surface area contributed by atoms with Crippen LogP contribution in [0.25, 0.3) is 0 Å². The quantitative estimate of drug-likeness (QED) is 0.294. The highest BCUT2D eigenvalue weighted by Gasteiger charge is 2.29. The number of guanidine groups is 1. The highest BCUT2D eigenvalue weighted by Crippen LogP contribution is 2.27. The first-order valence-corrected chi connectivity index (χ1v) is 10.7. The van der Waals surface area contributed by atoms with Gasteiger partial charge in [0.25, 0.3) is 0 Å². The van der Waals surface area contributed by atoms with Gasteiger partial charge in [0.05, 0.1) is 18.4 Å². The summed E-state index contributed by atoms with van der Waals surface area (Å²) < 4.78 is 4.18. The summed E-state index contributed by atoms with van der Waals surface area (Å²) in [5, 5.41) is 8.78. The Bertz CT molecular complexity index is 941. The van der Waals surface area contributed by atoms with Gasteiger partial charge in [-0.2, -0.15) is 5.10 Å². The van der Waals surface area contributed by atoms with Crippen molar-refractivity contribution in [2.24, 2.45) is 10.9 Å². The summed E-state index contributed by atoms with van der Waals surface area (Å²) in [5.74, 6) is 1.51. The van der Waals surface area contributed by atoms with Crippen molar-refractivity contribution in [3.63, 3.8) is 0 Å². The van der Waals surface area contributed by atoms with Gasteiger partial charge in [-0.1, -0.05) is 30.7 Å². The van der Waals surface area contributed by atoms with Gasteiger partial charge in [0.15, 0.2) is 5.96 Å². The van der Waals surface area contributed by atoms with E-state index in [4.69, 9.17) is 11.6 Å². The number of aliphatic imine (C=N–C) groups is 1. The molecule has 1 aromatic carbocycles. The van der Waals surface area contributed by atoms with Crippen LogP contribution < -0.4 is 5.32 Å². The number of piperidine rings is 1. The largest absolute Gasteiger partial charge is 0.354 e. The van der Waals surface area contributed by atoms with Gasteiger partial charge in [0.2, 0.25) is 0 Å². The smallest absolute Gasteiger partial charge is 0.193 e. The summed E-state index contributed by atoms with van der Waals surface area (Å²) in [7, 11) is 1.85. The molecule has 7 nitrogen and oxygen atoms in total. The lowest BCUT2D eigenvalue weighted by atomic mass is 9.93. The summed E-state index contributed by atoms with van der Waals surface area (Å²) >= 11 is 6.09. The molecule has 0 saturated carbocycles. The van der Waals surface area contributed by atoms with E-state index in [1.807, 2.05) is 48.6 Å². The molecule has 3 atom stereocenters. The fraction of sp³-hybridized carbons (Fsp3) is 0.409. The molecule has 3 heterocycles. The first kappa shape index (κ1) is 23.6. The molecule has 0 amide bonds. The maximum atomic E-state index is 6.09. The van der Waals surface area contributed by atoms with Crippen molar-refractivity contribution in [1.29, 1.82) is 0 Å². The van der Waals surface area contributed by atoms with E-state index in [2.05, 4.69) is 55.1 Å². The molecule has 1 N–H and O–H groups in total. The van der Waals surface area contributed by atoms with Gasteiger partial charge < -0.3 is 14.8 Å². The van der Waals surface area contributed by atoms with E-state index in [1.54, 1.807) is 6.20 Å². The van der Waals surface area contributed by atoms with Crippen LogP contribution in [0.2, 0.25) is 5.02 Å². The van der Waals surface area contributed by atoms with Crippen LogP contribution in [0.4, 0.5) is 0 Å². The zero-order chi connectivity index (χ0) is 20.9. The second kappa shape index (κ2) is 11.0. The molecule has 2 aromatic heterocycles. The van der Waals surface area contributed by atoms with Gasteiger partial charge in [-0.3, -0.25) is 9.67 Å². The van der Waals surface area contributed by atoms with Crippen LogP contribution in [0.3, 0.4) is 0 Å². The van der Waals surface area contributed by atoms with E-state index in [9.17, 15) is 0 Å². The monoisotopic (exact) mass is 553 g/mol. The molecule has 166 valence electrons. The standard InChI is InChI=1S/C22H28ClN7.HI/c1-17-8-12-28(15-21(17)29-13-10-25-16-29)22(24-2)26-14-20(30-11-3-9-27-30)18-4-6-19(23)7-5-18;/h3-7,9-11,13,16-17,20-21H,8,12,14-15H2,1-2H3,(H,24,26);1H. The number of halogens is 2. The molecule has 1 saturated heterocycles. The molecule has 4 rings (SSSR count). The molecule has 3 unspecified atom stereocenters. The molecule has 1 aliphatic rings. The van der Waals surface area contributed by atoms with Gasteiger partial charge in [-0.15, -0.1) is 24.0 Å². The maximum Gasteiger partial charge on any atom is 0.193 e. The first-order chi connectivity index (χ1) is 14.7. The van der Waals surface area contributed by atoms with Crippen molar-refractivity contribution < 1.29 is 0 Å². The molecule has 1 aliphatic heterocycles. The average molecular weight is 554 g/mol. The molecule has 3 aromatic rings. The number of hydrogen-bond acceptors (Lipinski definition) is 3. The van der Waals surface area contributed by atoms with Gasteiger partial charge in [-0.25, -0.2) is 4.98 Å². The van der Waals surface area contributed by atoms with Crippen molar-refractivity contribution in [3.8, 4) is 0 Å². The number of likely N-dealkylation sites (tertiary alicyclic amines) is 1. The van der Waals surface area contributed by atoms with Crippen LogP contribution in [0.15, 0.2) is 66.4 Å². The molecule has 0 spiro atoms. The highest BCUT2D eigenvalue weighted by molar-refractivity contribution is 14.0. The summed E-state index contributed by atoms with van der Waals surface area (Å²) in [6.07, 6.45) is 10.7. The van der Waals surface area contributed by atoms with E-state index >= 15 is 0 Å². The molecule has 9 heteroatoms. The molecule has 1 fully saturated rings. The predicted molar refractivity (Wildman–Crippen MR) is 135 cm³/mol. The Morgan fingerprint density at radius 3 is 2.71 bits per heavy atom. The lowest BCUT2D eigenvalue weighted by molar-refractivity contribution is 0.188. The summed E-state index contributed by atoms with van der Waals surface area (Å²) in [4.78, 5) is 11.1. The Balaban J connectivity index is 0.00000272. The van der Waals surface area contributed by atoms with Crippen LogP contribution >= 0.6 is 35.6 Å². The predicted octanol–water partition coefficient (Wildman–Crippen LogP) is 4.10. The molecular weight excluding hydrogens is 525 g/mol. The Morgan fingerprint density at radius 1 is 1.26 bits per heavy atom. The Labute approximate surface area is 205 Å². The molecule has 0 aliphatic carbocycles. The number of hydrogen-bond donors (Lipinski definition) is 1. The van der Waals surface area contributed by atoms with Crippen LogP contribution in [0.1, 0.15) is 31.0 Å². The van der Waals surface area contributed by atoms with E-state index < -0.39 is 0 Å². The minimum atomic E-state index is 0. The zero-order valence-corrected chi connectivity index (χ0v) is 20.9. The van der Waals surface area contributed by atoms with Crippen LogP contribution in [-0.4, -0.2) is 56.9 Å². The normalized spacial score (nSPS) is 20.2. The number of imidazole rings is 1. The number of aromatic nitrogens is 4. The van der Waals surface area contributed by atoms with Crippen LogP contribution in [0, 0.1) is 5.92 Å². The SMILES string of the molecule is CN=C(NCC(c1ccc(Cl)cc1)n1cccn1)N1CCC(C)C(n2ccnc2)C1.I. The Hall–Kier alpha value is -2.07. The zero-order valence-electron chi connectivity index (χ0n) is 17.8. The minimum Gasteiger partial charge on any atom is -0.354 e. The number of nitrogens with one attached hydrogen (secondary N) is 1. The van der Waals surface area contributed by atoms with Gasteiger partial charge in [0.1, 0.15) is 0 Å². The average Bonchev–Trinajstić information content (AvgIpc) is 3.47. The van der Waals surface area contributed by atoms with E-state index in [-0.39, 0.29) is 30.0 Å². The molecule has 0 radical (unpaired) electrons. The Morgan fingerprint density at radius 2 is 2.06 bits per heavy atom. The molecular formula is C22H29ClIN7. The van der Waals surface area contributed by atoms with E-state index in [0.717, 1.165) is 36.1 Å². The summed E-state index contributed by atoms with van der Waals surface area (Å²) in [6.45, 7) is 4.88. The third kappa shape index (κ3) is 5.60. The number of nitrogens with zero attached hydrogens (tertiary/aromatic N) is 6. The molecule has 0 bridgehead atoms. The fourth-order valence-corrected chi connectivity index (χ4v) is 4.26. The summed E-state index contributed by atoms with van der Waals surface area (Å²) in [5.41, 5.74) is 1.15. The van der Waals surface area contributed by atoms with Crippen molar-refractivity contribution >= 4 is 41.5 Å². The van der Waals surface area contributed by atoms with Crippen molar-refractivity contribution in [3.05, 3.63) is 72.0 Å². The second-order valence-electron chi connectivity index (χ2n) is 7.77. The number of rotatable bonds is 5. The maximum absolute atomic E-state index is 6.09. The Kier molecular flexibility index (Phi) is 8.36. The summed E-state index contributed by atoms with van der Waals surface area (Å²) in [6, 6.07) is 10.3. The lowest BCUT2D eigenvalue weighted by Crippen LogP contribution is -2.50. The number of benzene rings is 1. The molecule has 31 heavy (non-hydrogen) atoms. The first-order valence-electron chi connectivity index (χ1n) is 10.3. The second-order valence-corrected chi connectivity index (χ2v) is 8.21. The van der Waals surface area contributed by atoms with E-state index in [0.29, 0.717) is 18.5 Å².